The number of amides is 1. The van der Waals surface area contributed by atoms with Crippen LogP contribution in [0.5, 0.6) is 6.01 Å². The van der Waals surface area contributed by atoms with Gasteiger partial charge in [-0.25, -0.2) is 14.6 Å². The Kier molecular flexibility index (Phi) is 8.99. The third-order valence-electron chi connectivity index (χ3n) is 6.15. The van der Waals surface area contributed by atoms with Crippen LogP contribution in [0.3, 0.4) is 0 Å². The Balaban J connectivity index is 0.000000414. The van der Waals surface area contributed by atoms with Crippen molar-refractivity contribution in [1.29, 1.82) is 0 Å². The van der Waals surface area contributed by atoms with Crippen molar-refractivity contribution in [2.75, 3.05) is 44.2 Å². The third kappa shape index (κ3) is 8.02. The number of nitrogens with zero attached hydrogens (tertiary/aromatic N) is 4. The average Bonchev–Trinajstić information content (AvgIpc) is 2.83. The van der Waals surface area contributed by atoms with Crippen LogP contribution < -0.4 is 4.74 Å². The molecule has 4 N–H and O–H groups in total. The lowest BCUT2D eigenvalue weighted by molar-refractivity contribution is -0.142. The Morgan fingerprint density at radius 3 is 2.05 bits per heavy atom. The van der Waals surface area contributed by atoms with Crippen LogP contribution in [0.1, 0.15) is 28.9 Å². The molecule has 1 atom stereocenters. The summed E-state index contributed by atoms with van der Waals surface area (Å²) in [6, 6.07) is -0.375. The lowest BCUT2D eigenvalue weighted by Crippen LogP contribution is -2.52. The number of carbonyl (C=O) groups is 3. The van der Waals surface area contributed by atoms with E-state index < -0.39 is 45.9 Å². The van der Waals surface area contributed by atoms with Crippen molar-refractivity contribution in [2.24, 2.45) is 5.92 Å². The number of fused-ring (bicyclic) bond motifs is 3. The zero-order valence-electron chi connectivity index (χ0n) is 19.5. The zero-order chi connectivity index (χ0) is 27.4. The second-order valence-corrected chi connectivity index (χ2v) is 11.1. The number of aliphatic carboxylic acids is 2. The fourth-order valence-corrected chi connectivity index (χ4v) is 5.45. The molecular weight excluding hydrogens is 525 g/mol. The number of hydrogen-bond acceptors (Lipinski definition) is 9. The number of aromatic nitrogens is 2. The molecule has 12 nitrogen and oxygen atoms in total. The molecule has 4 aliphatic rings. The first kappa shape index (κ1) is 28.6. The summed E-state index contributed by atoms with van der Waals surface area (Å²) in [5.41, 5.74) is -1.98. The van der Waals surface area contributed by atoms with Crippen molar-refractivity contribution in [2.45, 2.75) is 25.1 Å². The first-order valence-corrected chi connectivity index (χ1v) is 13.1. The van der Waals surface area contributed by atoms with E-state index in [0.717, 1.165) is 32.1 Å². The second kappa shape index (κ2) is 11.6. The Labute approximate surface area is 211 Å². The van der Waals surface area contributed by atoms with Gasteiger partial charge in [0.1, 0.15) is 6.10 Å². The molecule has 0 aromatic carbocycles. The summed E-state index contributed by atoms with van der Waals surface area (Å²) in [7, 11) is -2.77. The van der Waals surface area contributed by atoms with Crippen LogP contribution in [0.15, 0.2) is 18.3 Å². The van der Waals surface area contributed by atoms with Crippen molar-refractivity contribution >= 4 is 28.4 Å². The Morgan fingerprint density at radius 1 is 1.03 bits per heavy atom. The predicted octanol–water partition coefficient (Wildman–Crippen LogP) is 1.89. The summed E-state index contributed by atoms with van der Waals surface area (Å²) < 4.78 is 65.8. The van der Waals surface area contributed by atoms with E-state index in [0.29, 0.717) is 18.7 Å². The van der Waals surface area contributed by atoms with Crippen LogP contribution in [0, 0.1) is 5.92 Å². The van der Waals surface area contributed by atoms with Gasteiger partial charge in [-0.1, -0.05) is 0 Å². The number of halogens is 3. The zero-order valence-corrected chi connectivity index (χ0v) is 20.3. The molecule has 4 fully saturated rings. The highest BCUT2D eigenvalue weighted by Crippen LogP contribution is 2.41. The number of hydrogen-bond donors (Lipinski definition) is 4. The monoisotopic (exact) mass is 552 g/mol. The topological polar surface area (TPSA) is 174 Å². The van der Waals surface area contributed by atoms with Crippen LogP contribution >= 0.6 is 10.6 Å². The van der Waals surface area contributed by atoms with Crippen molar-refractivity contribution in [1.82, 2.24) is 19.8 Å². The number of piperidine rings is 3. The molecule has 1 aromatic heterocycles. The first-order valence-electron chi connectivity index (χ1n) is 11.3. The molecular formula is C21H27F3N4O8S. The smallest absolute Gasteiger partial charge is 0.434 e. The van der Waals surface area contributed by atoms with E-state index >= 15 is 0 Å². The van der Waals surface area contributed by atoms with E-state index in [4.69, 9.17) is 14.9 Å². The molecule has 0 aliphatic carbocycles. The Bertz CT molecular complexity index is 1020. The molecule has 1 amide bonds. The standard InChI is InChI=1S/C17H23F3N4O4S.C4H4O4/c18-17(19,20)14-12(15(25)24-5-7-29(26,27)8-6-24)9-21-16(22-14)28-13-10-23-3-1-11(13)2-4-23;5-3(6)1-2-4(7)8/h9,11,13,26-27H,1-8,10H2;1-2H,(H,5,6)(H,7,8). The lowest BCUT2D eigenvalue weighted by Gasteiger charge is -2.43. The van der Waals surface area contributed by atoms with Gasteiger partial charge < -0.3 is 19.8 Å². The van der Waals surface area contributed by atoms with E-state index in [1.165, 1.54) is 4.90 Å². The predicted molar refractivity (Wildman–Crippen MR) is 124 cm³/mol. The number of alkyl halides is 3. The van der Waals surface area contributed by atoms with Gasteiger partial charge in [-0.3, -0.25) is 18.8 Å². The maximum absolute atomic E-state index is 13.6. The largest absolute Gasteiger partial charge is 0.478 e. The molecule has 5 heterocycles. The van der Waals surface area contributed by atoms with Crippen molar-refractivity contribution < 1.29 is 51.6 Å². The lowest BCUT2D eigenvalue weighted by atomic mass is 9.86. The highest BCUT2D eigenvalue weighted by atomic mass is 32.3. The fourth-order valence-electron chi connectivity index (χ4n) is 4.22. The van der Waals surface area contributed by atoms with Gasteiger partial charge >= 0.3 is 24.1 Å². The summed E-state index contributed by atoms with van der Waals surface area (Å²) >= 11 is 0. The molecule has 206 valence electrons. The van der Waals surface area contributed by atoms with E-state index in [1.54, 1.807) is 0 Å². The molecule has 1 unspecified atom stereocenters. The first-order chi connectivity index (χ1) is 17.2. The molecule has 4 aliphatic heterocycles. The molecule has 5 rings (SSSR count). The number of carbonyl (C=O) groups excluding carboxylic acids is 1. The minimum atomic E-state index is -4.85. The molecule has 0 radical (unpaired) electrons. The van der Waals surface area contributed by atoms with E-state index in [9.17, 15) is 36.7 Å². The summed E-state index contributed by atoms with van der Waals surface area (Å²) in [6.07, 6.45) is -1.26. The summed E-state index contributed by atoms with van der Waals surface area (Å²) in [4.78, 5) is 42.5. The number of ether oxygens (including phenoxy) is 1. The Hall–Kier alpha value is -2.95. The van der Waals surface area contributed by atoms with Gasteiger partial charge in [0.25, 0.3) is 5.91 Å². The van der Waals surface area contributed by atoms with E-state index in [2.05, 4.69) is 14.9 Å². The van der Waals surface area contributed by atoms with Gasteiger partial charge in [0.15, 0.2) is 5.69 Å². The maximum atomic E-state index is 13.6. The Morgan fingerprint density at radius 2 is 1.59 bits per heavy atom. The van der Waals surface area contributed by atoms with Gasteiger partial charge in [-0.2, -0.15) is 28.7 Å². The van der Waals surface area contributed by atoms with Gasteiger partial charge in [0.2, 0.25) is 0 Å². The normalized spacial score (nSPS) is 25.6. The highest BCUT2D eigenvalue weighted by Gasteiger charge is 2.41. The van der Waals surface area contributed by atoms with Crippen LogP contribution in [-0.4, -0.2) is 107 Å². The molecule has 1 aromatic rings. The van der Waals surface area contributed by atoms with Crippen LogP contribution in [0.4, 0.5) is 13.2 Å². The van der Waals surface area contributed by atoms with Crippen LogP contribution in [0.2, 0.25) is 0 Å². The maximum Gasteiger partial charge on any atom is 0.434 e. The van der Waals surface area contributed by atoms with Crippen molar-refractivity contribution in [3.05, 3.63) is 29.6 Å². The molecule has 2 bridgehead atoms. The third-order valence-corrected chi connectivity index (χ3v) is 7.82. The SMILES string of the molecule is O=C(O)C=CC(=O)O.O=C(c1cnc(OC2CN3CCC2CC3)nc1C(F)(F)F)N1CCS(O)(O)CC1. The van der Waals surface area contributed by atoms with E-state index in [1.807, 2.05) is 0 Å². The quantitative estimate of drug-likeness (QED) is 0.393. The second-order valence-electron chi connectivity index (χ2n) is 8.72. The molecule has 16 heteroatoms. The molecule has 0 spiro atoms. The van der Waals surface area contributed by atoms with Crippen molar-refractivity contribution in [3.8, 4) is 6.01 Å². The summed E-state index contributed by atoms with van der Waals surface area (Å²) in [6.45, 7) is 2.50. The van der Waals surface area contributed by atoms with Crippen LogP contribution in [0.25, 0.3) is 0 Å². The van der Waals surface area contributed by atoms with Gasteiger partial charge in [-0.05, 0) is 31.8 Å². The number of carboxylic acid groups (broad SMARTS) is 2. The van der Waals surface area contributed by atoms with Gasteiger partial charge in [0.05, 0.1) is 17.1 Å². The van der Waals surface area contributed by atoms with Gasteiger partial charge in [-0.15, -0.1) is 0 Å². The summed E-state index contributed by atoms with van der Waals surface area (Å²) in [5, 5.41) is 15.6. The summed E-state index contributed by atoms with van der Waals surface area (Å²) in [5.74, 6) is -3.22. The minimum Gasteiger partial charge on any atom is -0.478 e. The number of rotatable bonds is 5. The minimum absolute atomic E-state index is 0.0314. The fraction of sp³-hybridized carbons (Fsp3) is 0.571. The van der Waals surface area contributed by atoms with E-state index in [-0.39, 0.29) is 42.6 Å². The molecule has 0 saturated carbocycles. The van der Waals surface area contributed by atoms with Gasteiger partial charge in [0, 0.05) is 38.0 Å². The molecule has 37 heavy (non-hydrogen) atoms. The highest BCUT2D eigenvalue weighted by molar-refractivity contribution is 8.24. The average molecular weight is 553 g/mol. The molecule has 4 saturated heterocycles. The van der Waals surface area contributed by atoms with Crippen LogP contribution in [-0.2, 0) is 15.8 Å². The number of carboxylic acids is 2. The van der Waals surface area contributed by atoms with Crippen molar-refractivity contribution in [3.63, 3.8) is 0 Å².